The summed E-state index contributed by atoms with van der Waals surface area (Å²) in [6.07, 6.45) is 5.23. The van der Waals surface area contributed by atoms with Gasteiger partial charge in [0.1, 0.15) is 11.6 Å². The average molecular weight is 478 g/mol. The van der Waals surface area contributed by atoms with E-state index in [9.17, 15) is 9.59 Å². The highest BCUT2D eigenvalue weighted by Gasteiger charge is 2.35. The molecule has 1 aromatic carbocycles. The number of fused-ring (bicyclic) bond motifs is 1. The summed E-state index contributed by atoms with van der Waals surface area (Å²) in [7, 11) is 1.32. The van der Waals surface area contributed by atoms with Crippen molar-refractivity contribution in [2.24, 2.45) is 0 Å². The Morgan fingerprint density at radius 1 is 1.20 bits per heavy atom. The van der Waals surface area contributed by atoms with Gasteiger partial charge < -0.3 is 19.5 Å². The molecule has 2 aromatic heterocycles. The van der Waals surface area contributed by atoms with Gasteiger partial charge in [-0.3, -0.25) is 4.90 Å². The van der Waals surface area contributed by atoms with Crippen LogP contribution in [0.15, 0.2) is 41.1 Å². The number of urea groups is 1. The molecule has 1 N–H and O–H groups in total. The second-order valence-electron chi connectivity index (χ2n) is 9.33. The Hall–Kier alpha value is -3.46. The summed E-state index contributed by atoms with van der Waals surface area (Å²) in [6.45, 7) is 4.98. The Balaban J connectivity index is 1.39. The third-order valence-corrected chi connectivity index (χ3v) is 7.14. The third kappa shape index (κ3) is 4.60. The predicted octanol–water partition coefficient (Wildman–Crippen LogP) is 3.88. The van der Waals surface area contributed by atoms with Crippen molar-refractivity contribution in [2.75, 3.05) is 38.2 Å². The van der Waals surface area contributed by atoms with Crippen molar-refractivity contribution in [2.45, 2.75) is 44.6 Å². The van der Waals surface area contributed by atoms with E-state index >= 15 is 0 Å². The molecule has 0 unspecified atom stereocenters. The lowest BCUT2D eigenvalue weighted by Crippen LogP contribution is -2.55. The SMILES string of the molecule is COC(=O)c1cc(C2CCN(C(=O)N(c3nccc4cccc(C)c34)[C@@H]3CCCNC3)CC2)on1. The molecule has 0 aliphatic carbocycles. The molecule has 5 rings (SSSR count). The molecule has 184 valence electrons. The Kier molecular flexibility index (Phi) is 6.68. The van der Waals surface area contributed by atoms with E-state index in [2.05, 4.69) is 29.5 Å². The summed E-state index contributed by atoms with van der Waals surface area (Å²) in [5.41, 5.74) is 1.28. The number of pyridine rings is 1. The first kappa shape index (κ1) is 23.3. The van der Waals surface area contributed by atoms with Crippen LogP contribution in [-0.4, -0.2) is 66.4 Å². The Morgan fingerprint density at radius 2 is 2.03 bits per heavy atom. The minimum atomic E-state index is -0.512. The number of likely N-dealkylation sites (tertiary alicyclic amines) is 1. The summed E-state index contributed by atoms with van der Waals surface area (Å²) in [4.78, 5) is 34.3. The van der Waals surface area contributed by atoms with E-state index in [1.165, 1.54) is 7.11 Å². The first-order valence-electron chi connectivity index (χ1n) is 12.2. The lowest BCUT2D eigenvalue weighted by atomic mass is 9.94. The average Bonchev–Trinajstić information content (AvgIpc) is 3.40. The number of methoxy groups -OCH3 is 1. The zero-order valence-electron chi connectivity index (χ0n) is 20.2. The summed E-state index contributed by atoms with van der Waals surface area (Å²) in [5, 5.41) is 9.40. The standard InChI is InChI=1S/C26H31N5O4/c1-17-5-3-6-19-8-12-28-24(23(17)19)31(20-7-4-11-27-16-20)26(33)30-13-9-18(10-14-30)22-15-21(29-35-22)25(32)34-2/h3,5-6,8,12,15,18,20,27H,4,7,9-11,13-14,16H2,1-2H3/t20-/m1/s1. The highest BCUT2D eigenvalue weighted by molar-refractivity contribution is 6.03. The summed E-state index contributed by atoms with van der Waals surface area (Å²) >= 11 is 0. The van der Waals surface area contributed by atoms with Crippen LogP contribution in [0, 0.1) is 6.92 Å². The van der Waals surface area contributed by atoms with E-state index in [0.717, 1.165) is 60.9 Å². The van der Waals surface area contributed by atoms with Crippen molar-refractivity contribution in [3.05, 3.63) is 53.5 Å². The first-order valence-corrected chi connectivity index (χ1v) is 12.2. The van der Waals surface area contributed by atoms with Crippen LogP contribution >= 0.6 is 0 Å². The largest absolute Gasteiger partial charge is 0.464 e. The number of nitrogens with one attached hydrogen (secondary N) is 1. The number of carbonyl (C=O) groups is 2. The van der Waals surface area contributed by atoms with E-state index in [4.69, 9.17) is 14.2 Å². The number of amides is 2. The molecule has 0 saturated carbocycles. The highest BCUT2D eigenvalue weighted by Crippen LogP contribution is 2.33. The molecule has 9 nitrogen and oxygen atoms in total. The van der Waals surface area contributed by atoms with Crippen molar-refractivity contribution < 1.29 is 18.8 Å². The maximum atomic E-state index is 14.0. The molecule has 0 spiro atoms. The van der Waals surface area contributed by atoms with Gasteiger partial charge in [0.2, 0.25) is 0 Å². The molecular formula is C26H31N5O4. The summed E-state index contributed by atoms with van der Waals surface area (Å²) < 4.78 is 10.1. The van der Waals surface area contributed by atoms with Crippen LogP contribution in [0.5, 0.6) is 0 Å². The van der Waals surface area contributed by atoms with Crippen molar-refractivity contribution in [1.82, 2.24) is 20.4 Å². The topological polar surface area (TPSA) is 101 Å². The van der Waals surface area contributed by atoms with Gasteiger partial charge in [-0.25, -0.2) is 14.6 Å². The predicted molar refractivity (Wildman–Crippen MR) is 132 cm³/mol. The summed E-state index contributed by atoms with van der Waals surface area (Å²) in [6, 6.07) is 9.87. The van der Waals surface area contributed by atoms with Gasteiger partial charge in [-0.1, -0.05) is 23.4 Å². The van der Waals surface area contributed by atoms with Crippen molar-refractivity contribution >= 4 is 28.6 Å². The van der Waals surface area contributed by atoms with Crippen molar-refractivity contribution in [3.63, 3.8) is 0 Å². The Bertz CT molecular complexity index is 1210. The molecule has 2 fully saturated rings. The first-order chi connectivity index (χ1) is 17.1. The normalized spacial score (nSPS) is 19.0. The number of anilines is 1. The van der Waals surface area contributed by atoms with Gasteiger partial charge in [-0.15, -0.1) is 0 Å². The number of hydrogen-bond donors (Lipinski definition) is 1. The maximum Gasteiger partial charge on any atom is 0.360 e. The van der Waals surface area contributed by atoms with Crippen LogP contribution < -0.4 is 10.2 Å². The van der Waals surface area contributed by atoms with Crippen molar-refractivity contribution in [3.8, 4) is 0 Å². The molecular weight excluding hydrogens is 446 g/mol. The van der Waals surface area contributed by atoms with Gasteiger partial charge in [-0.05, 0) is 56.2 Å². The number of nitrogens with zero attached hydrogens (tertiary/aromatic N) is 4. The van der Waals surface area contributed by atoms with E-state index in [1.54, 1.807) is 12.3 Å². The fourth-order valence-corrected chi connectivity index (χ4v) is 5.23. The van der Waals surface area contributed by atoms with Crippen LogP contribution in [-0.2, 0) is 4.74 Å². The van der Waals surface area contributed by atoms with Crippen LogP contribution in [0.3, 0.4) is 0 Å². The van der Waals surface area contributed by atoms with E-state index in [0.29, 0.717) is 18.8 Å². The number of rotatable bonds is 4. The lowest BCUT2D eigenvalue weighted by molar-refractivity contribution is 0.0589. The molecule has 1 atom stereocenters. The Morgan fingerprint density at radius 3 is 2.77 bits per heavy atom. The second kappa shape index (κ2) is 10.0. The summed E-state index contributed by atoms with van der Waals surface area (Å²) in [5.74, 6) is 0.992. The number of esters is 1. The zero-order chi connectivity index (χ0) is 24.4. The van der Waals surface area contributed by atoms with E-state index in [1.807, 2.05) is 21.9 Å². The molecule has 0 radical (unpaired) electrons. The number of ether oxygens (including phenoxy) is 1. The fraction of sp³-hybridized carbons (Fsp3) is 0.462. The molecule has 2 amide bonds. The Labute approximate surface area is 204 Å². The zero-order valence-corrected chi connectivity index (χ0v) is 20.2. The van der Waals surface area contributed by atoms with Gasteiger partial charge >= 0.3 is 12.0 Å². The molecule has 2 saturated heterocycles. The third-order valence-electron chi connectivity index (χ3n) is 7.14. The van der Waals surface area contributed by atoms with Crippen LogP contribution in [0.25, 0.3) is 10.8 Å². The number of piperidine rings is 2. The van der Waals surface area contributed by atoms with Gasteiger partial charge in [0.25, 0.3) is 0 Å². The molecule has 0 bridgehead atoms. The molecule has 2 aliphatic rings. The van der Waals surface area contributed by atoms with Crippen LogP contribution in [0.4, 0.5) is 10.6 Å². The molecule has 3 aromatic rings. The van der Waals surface area contributed by atoms with Crippen LogP contribution in [0.2, 0.25) is 0 Å². The molecule has 2 aliphatic heterocycles. The maximum absolute atomic E-state index is 14.0. The van der Waals surface area contributed by atoms with Gasteiger partial charge in [-0.2, -0.15) is 0 Å². The van der Waals surface area contributed by atoms with Crippen molar-refractivity contribution in [1.29, 1.82) is 0 Å². The quantitative estimate of drug-likeness (QED) is 0.569. The lowest BCUT2D eigenvalue weighted by Gasteiger charge is -2.40. The molecule has 4 heterocycles. The van der Waals surface area contributed by atoms with Crippen LogP contribution in [0.1, 0.15) is 53.4 Å². The monoisotopic (exact) mass is 477 g/mol. The van der Waals surface area contributed by atoms with E-state index in [-0.39, 0.29) is 23.7 Å². The van der Waals surface area contributed by atoms with Gasteiger partial charge in [0.15, 0.2) is 5.69 Å². The highest BCUT2D eigenvalue weighted by atomic mass is 16.5. The molecule has 9 heteroatoms. The smallest absolute Gasteiger partial charge is 0.360 e. The minimum absolute atomic E-state index is 0.00628. The number of aromatic nitrogens is 2. The van der Waals surface area contributed by atoms with E-state index < -0.39 is 5.97 Å². The molecule has 35 heavy (non-hydrogen) atoms. The van der Waals surface area contributed by atoms with Gasteiger partial charge in [0, 0.05) is 43.2 Å². The minimum Gasteiger partial charge on any atom is -0.464 e. The van der Waals surface area contributed by atoms with Gasteiger partial charge in [0.05, 0.1) is 13.2 Å². The number of aryl methyl sites for hydroxylation is 1. The second-order valence-corrected chi connectivity index (χ2v) is 9.33. The number of carbonyl (C=O) groups excluding carboxylic acids is 2. The fourth-order valence-electron chi connectivity index (χ4n) is 5.23. The number of hydrogen-bond acceptors (Lipinski definition) is 7. The number of benzene rings is 1.